The molecule has 0 saturated carbocycles. The molecule has 88 heavy (non-hydrogen) atoms. The number of hydrogen-bond acceptors (Lipinski definition) is 15. The highest BCUT2D eigenvalue weighted by atomic mass is 31.2. The molecule has 0 radical (unpaired) electrons. The Kier molecular flexibility index (Phi) is 59.9. The molecule has 3 N–H and O–H groups in total. The van der Waals surface area contributed by atoms with Gasteiger partial charge < -0.3 is 33.8 Å². The van der Waals surface area contributed by atoms with E-state index in [1.165, 1.54) is 161 Å². The Morgan fingerprint density at radius 2 is 0.523 bits per heavy atom. The quantitative estimate of drug-likeness (QED) is 0.0222. The highest BCUT2D eigenvalue weighted by molar-refractivity contribution is 7.47. The largest absolute Gasteiger partial charge is 0.472 e. The Bertz CT molecular complexity index is 1720. The number of aliphatic hydroxyl groups excluding tert-OH is 1. The maximum Gasteiger partial charge on any atom is 0.472 e. The minimum Gasteiger partial charge on any atom is -0.462 e. The number of phosphoric acid groups is 2. The molecule has 0 rings (SSSR count). The molecule has 0 bridgehead atoms. The van der Waals surface area contributed by atoms with Gasteiger partial charge in [-0.3, -0.25) is 37.3 Å². The van der Waals surface area contributed by atoms with Gasteiger partial charge in [-0.1, -0.05) is 298 Å². The van der Waals surface area contributed by atoms with Gasteiger partial charge in [-0.15, -0.1) is 0 Å². The van der Waals surface area contributed by atoms with E-state index in [0.717, 1.165) is 102 Å². The summed E-state index contributed by atoms with van der Waals surface area (Å²) in [4.78, 5) is 72.5. The Morgan fingerprint density at radius 3 is 0.773 bits per heavy atom. The van der Waals surface area contributed by atoms with Gasteiger partial charge in [0, 0.05) is 25.7 Å². The van der Waals surface area contributed by atoms with Crippen LogP contribution in [0.1, 0.15) is 350 Å². The molecule has 0 fully saturated rings. The van der Waals surface area contributed by atoms with Crippen molar-refractivity contribution in [3.05, 3.63) is 0 Å². The molecule has 2 unspecified atom stereocenters. The summed E-state index contributed by atoms with van der Waals surface area (Å²) in [5, 5.41) is 10.6. The van der Waals surface area contributed by atoms with Crippen LogP contribution in [-0.2, 0) is 65.4 Å². The lowest BCUT2D eigenvalue weighted by Crippen LogP contribution is -2.30. The number of hydrogen-bond donors (Lipinski definition) is 3. The number of ether oxygens (including phenoxy) is 4. The number of phosphoric ester groups is 2. The molecule has 0 amide bonds. The Hall–Kier alpha value is -1.94. The summed E-state index contributed by atoms with van der Waals surface area (Å²) in [5.74, 6) is -0.710. The summed E-state index contributed by atoms with van der Waals surface area (Å²) < 4.78 is 68.2. The standard InChI is InChI=1S/C69H134O17P2/c1-7-9-11-13-15-17-19-21-23-25-29-33-41-47-53-68(73)85-64(57-79-66(71)51-45-39-32-28-24-22-20-18-16-14-12-10-8-2)59-83-87(75,76)81-55-63(70)56-82-88(77,78)84-60-65(58-80-67(72)52-46-40-36-35-38-44-50-62(5)6)86-69(74)54-48-42-34-30-26-27-31-37-43-49-61(3)4/h61-65,70H,7-60H2,1-6H3,(H,75,76)(H,77,78)/t63-,64-,65-/m1/s1. The SMILES string of the molecule is CCCCCCCCCCCCCCCCC(=O)O[C@H](COC(=O)CCCCCCCCCCCCCCC)COP(=O)(O)OC[C@@H](O)COP(=O)(O)OC[C@@H](COC(=O)CCCCCCCCC(C)C)OC(=O)CCCCCCCCCCCC(C)C. The first-order valence-electron chi connectivity index (χ1n) is 36.0. The van der Waals surface area contributed by atoms with Crippen LogP contribution in [-0.4, -0.2) is 96.7 Å². The first-order valence-corrected chi connectivity index (χ1v) is 39.0. The molecule has 0 aliphatic carbocycles. The third-order valence-electron chi connectivity index (χ3n) is 16.0. The molecule has 0 saturated heterocycles. The van der Waals surface area contributed by atoms with E-state index in [2.05, 4.69) is 41.5 Å². The van der Waals surface area contributed by atoms with Gasteiger partial charge in [0.1, 0.15) is 19.3 Å². The van der Waals surface area contributed by atoms with Crippen LogP contribution in [0.5, 0.6) is 0 Å². The average molecular weight is 1300 g/mol. The lowest BCUT2D eigenvalue weighted by atomic mass is 10.0. The lowest BCUT2D eigenvalue weighted by Gasteiger charge is -2.21. The van der Waals surface area contributed by atoms with Crippen LogP contribution in [0.15, 0.2) is 0 Å². The molecular weight excluding hydrogens is 1160 g/mol. The van der Waals surface area contributed by atoms with Gasteiger partial charge in [0.05, 0.1) is 26.4 Å². The molecule has 0 spiro atoms. The summed E-state index contributed by atoms with van der Waals surface area (Å²) in [6.07, 6.45) is 45.9. The van der Waals surface area contributed by atoms with Crippen molar-refractivity contribution >= 4 is 39.5 Å². The number of carbonyl (C=O) groups excluding carboxylic acids is 4. The Morgan fingerprint density at radius 1 is 0.307 bits per heavy atom. The van der Waals surface area contributed by atoms with Crippen LogP contribution in [0, 0.1) is 11.8 Å². The van der Waals surface area contributed by atoms with Gasteiger partial charge in [-0.05, 0) is 37.5 Å². The molecule has 0 aliphatic rings. The van der Waals surface area contributed by atoms with Crippen molar-refractivity contribution in [1.29, 1.82) is 0 Å². The third-order valence-corrected chi connectivity index (χ3v) is 17.9. The highest BCUT2D eigenvalue weighted by Gasteiger charge is 2.30. The van der Waals surface area contributed by atoms with Crippen LogP contribution >= 0.6 is 15.6 Å². The topological polar surface area (TPSA) is 237 Å². The van der Waals surface area contributed by atoms with Crippen molar-refractivity contribution in [1.82, 2.24) is 0 Å². The Labute approximate surface area is 537 Å². The average Bonchev–Trinajstić information content (AvgIpc) is 3.63. The number of aliphatic hydroxyl groups is 1. The van der Waals surface area contributed by atoms with Gasteiger partial charge in [0.15, 0.2) is 12.2 Å². The van der Waals surface area contributed by atoms with Crippen molar-refractivity contribution in [2.45, 2.75) is 368 Å². The molecular formula is C69H134O17P2. The van der Waals surface area contributed by atoms with E-state index in [1.54, 1.807) is 0 Å². The number of rotatable bonds is 68. The van der Waals surface area contributed by atoms with Crippen molar-refractivity contribution in [2.24, 2.45) is 11.8 Å². The lowest BCUT2D eigenvalue weighted by molar-refractivity contribution is -0.161. The minimum atomic E-state index is -4.95. The molecule has 5 atom stereocenters. The summed E-state index contributed by atoms with van der Waals surface area (Å²) in [6.45, 7) is 9.44. The maximum absolute atomic E-state index is 13.0. The summed E-state index contributed by atoms with van der Waals surface area (Å²) in [7, 11) is -9.90. The molecule has 0 heterocycles. The van der Waals surface area contributed by atoms with E-state index in [4.69, 9.17) is 37.0 Å². The zero-order chi connectivity index (χ0) is 65.0. The second-order valence-electron chi connectivity index (χ2n) is 25.9. The second-order valence-corrected chi connectivity index (χ2v) is 28.8. The zero-order valence-corrected chi connectivity index (χ0v) is 58.8. The normalized spacial score (nSPS) is 14.2. The van der Waals surface area contributed by atoms with Crippen LogP contribution in [0.3, 0.4) is 0 Å². The maximum atomic E-state index is 13.0. The van der Waals surface area contributed by atoms with Gasteiger partial charge in [-0.25, -0.2) is 9.13 Å². The second kappa shape index (κ2) is 61.3. The molecule has 0 aromatic carbocycles. The summed E-state index contributed by atoms with van der Waals surface area (Å²) >= 11 is 0. The minimum absolute atomic E-state index is 0.104. The van der Waals surface area contributed by atoms with E-state index in [9.17, 15) is 43.2 Å². The van der Waals surface area contributed by atoms with Gasteiger partial charge >= 0.3 is 39.5 Å². The summed E-state index contributed by atoms with van der Waals surface area (Å²) in [5.41, 5.74) is 0. The fourth-order valence-corrected chi connectivity index (χ4v) is 12.0. The third kappa shape index (κ3) is 62.8. The van der Waals surface area contributed by atoms with Gasteiger partial charge in [0.2, 0.25) is 0 Å². The van der Waals surface area contributed by atoms with E-state index in [1.807, 2.05) is 0 Å². The molecule has 17 nitrogen and oxygen atoms in total. The zero-order valence-electron chi connectivity index (χ0n) is 57.0. The van der Waals surface area contributed by atoms with Crippen LogP contribution in [0.2, 0.25) is 0 Å². The molecule has 0 aromatic heterocycles. The number of esters is 4. The van der Waals surface area contributed by atoms with Crippen LogP contribution in [0.4, 0.5) is 0 Å². The number of unbranched alkanes of at least 4 members (excludes halogenated alkanes) is 38. The van der Waals surface area contributed by atoms with E-state index >= 15 is 0 Å². The van der Waals surface area contributed by atoms with Crippen molar-refractivity contribution < 1.29 is 80.2 Å². The number of carbonyl (C=O) groups is 4. The smallest absolute Gasteiger partial charge is 0.462 e. The van der Waals surface area contributed by atoms with Crippen molar-refractivity contribution in [2.75, 3.05) is 39.6 Å². The molecule has 19 heteroatoms. The van der Waals surface area contributed by atoms with E-state index in [0.29, 0.717) is 31.6 Å². The van der Waals surface area contributed by atoms with Crippen LogP contribution in [0.25, 0.3) is 0 Å². The summed E-state index contributed by atoms with van der Waals surface area (Å²) in [6, 6.07) is 0. The Balaban J connectivity index is 5.24. The van der Waals surface area contributed by atoms with Gasteiger partial charge in [0.25, 0.3) is 0 Å². The van der Waals surface area contributed by atoms with E-state index < -0.39 is 97.5 Å². The monoisotopic (exact) mass is 1300 g/mol. The fourth-order valence-electron chi connectivity index (χ4n) is 10.4. The molecule has 0 aromatic rings. The molecule has 522 valence electrons. The predicted octanol–water partition coefficient (Wildman–Crippen LogP) is 19.6. The van der Waals surface area contributed by atoms with Crippen LogP contribution < -0.4 is 0 Å². The molecule has 0 aliphatic heterocycles. The first kappa shape index (κ1) is 86.1. The van der Waals surface area contributed by atoms with Gasteiger partial charge in [-0.2, -0.15) is 0 Å². The van der Waals surface area contributed by atoms with Crippen molar-refractivity contribution in [3.63, 3.8) is 0 Å². The van der Waals surface area contributed by atoms with Crippen molar-refractivity contribution in [3.8, 4) is 0 Å². The van der Waals surface area contributed by atoms with E-state index in [-0.39, 0.29) is 25.7 Å². The predicted molar refractivity (Wildman–Crippen MR) is 354 cm³/mol. The fraction of sp³-hybridized carbons (Fsp3) is 0.942. The first-order chi connectivity index (χ1) is 42.4. The highest BCUT2D eigenvalue weighted by Crippen LogP contribution is 2.45.